The number of aromatic nitrogens is 2. The van der Waals surface area contributed by atoms with Crippen molar-refractivity contribution in [1.29, 1.82) is 0 Å². The van der Waals surface area contributed by atoms with E-state index in [0.717, 1.165) is 11.1 Å². The molecule has 2 aliphatic rings. The number of rotatable bonds is 6. The zero-order valence-corrected chi connectivity index (χ0v) is 24.1. The van der Waals surface area contributed by atoms with Crippen LogP contribution < -0.4 is 21.1 Å². The van der Waals surface area contributed by atoms with Crippen LogP contribution in [0.1, 0.15) is 55.2 Å². The number of fused-ring (bicyclic) bond motifs is 2. The Kier molecular flexibility index (Phi) is 6.97. The molecule has 5 rings (SSSR count). The molecule has 1 aliphatic heterocycles. The molecule has 0 bridgehead atoms. The normalized spacial score (nSPS) is 20.6. The summed E-state index contributed by atoms with van der Waals surface area (Å²) in [7, 11) is 3.11. The number of hydrogen-bond donors (Lipinski definition) is 2. The molecule has 10 heteroatoms. The number of carbonyl (C=O) groups excluding carboxylic acids is 2. The van der Waals surface area contributed by atoms with Crippen molar-refractivity contribution in [2.24, 2.45) is 18.9 Å². The van der Waals surface area contributed by atoms with Crippen molar-refractivity contribution < 1.29 is 19.1 Å². The third-order valence-electron chi connectivity index (χ3n) is 7.66. The number of nitrogens with zero attached hydrogens (tertiary/aromatic N) is 3. The average molecular weight is 548 g/mol. The van der Waals surface area contributed by atoms with Crippen molar-refractivity contribution in [1.82, 2.24) is 14.9 Å². The number of amides is 1. The van der Waals surface area contributed by atoms with Gasteiger partial charge in [-0.2, -0.15) is 0 Å². The monoisotopic (exact) mass is 547 g/mol. The van der Waals surface area contributed by atoms with Gasteiger partial charge in [0.2, 0.25) is 5.95 Å². The molecule has 1 amide bonds. The van der Waals surface area contributed by atoms with Crippen LogP contribution in [-0.4, -0.2) is 53.5 Å². The number of aryl methyl sites for hydroxylation is 1. The van der Waals surface area contributed by atoms with Crippen molar-refractivity contribution in [3.05, 3.63) is 63.4 Å². The van der Waals surface area contributed by atoms with E-state index >= 15 is 0 Å². The molecular formula is C30H37N5O5. The van der Waals surface area contributed by atoms with Crippen LogP contribution in [0, 0.1) is 18.8 Å². The van der Waals surface area contributed by atoms with Crippen LogP contribution in [0.4, 0.5) is 16.4 Å². The van der Waals surface area contributed by atoms with Crippen LogP contribution in [0.5, 0.6) is 0 Å². The first-order valence-electron chi connectivity index (χ1n) is 13.6. The Balaban J connectivity index is 1.46. The van der Waals surface area contributed by atoms with Crippen molar-refractivity contribution in [2.75, 3.05) is 30.4 Å². The SMILES string of the molecule is COC(=O)NC1C2CN(c3nc4c(C(C)Nc5ccccc5C(=O)OC(C)(C)C)cc(C)cc4c(=O)n3C)CC21. The van der Waals surface area contributed by atoms with Crippen LogP contribution in [0.2, 0.25) is 0 Å². The van der Waals surface area contributed by atoms with E-state index in [1.54, 1.807) is 23.7 Å². The molecule has 40 heavy (non-hydrogen) atoms. The number of benzene rings is 2. The molecule has 1 aliphatic carbocycles. The van der Waals surface area contributed by atoms with E-state index in [1.807, 2.05) is 58.9 Å². The predicted molar refractivity (Wildman–Crippen MR) is 154 cm³/mol. The highest BCUT2D eigenvalue weighted by Crippen LogP contribution is 2.46. The largest absolute Gasteiger partial charge is 0.456 e. The Bertz CT molecular complexity index is 1530. The predicted octanol–water partition coefficient (Wildman–Crippen LogP) is 4.16. The van der Waals surface area contributed by atoms with Crippen molar-refractivity contribution in [3.8, 4) is 0 Å². The Labute approximate surface area is 233 Å². The van der Waals surface area contributed by atoms with Crippen LogP contribution in [0.3, 0.4) is 0 Å². The summed E-state index contributed by atoms with van der Waals surface area (Å²) >= 11 is 0. The second-order valence-electron chi connectivity index (χ2n) is 11.8. The number of anilines is 2. The van der Waals surface area contributed by atoms with Gasteiger partial charge in [-0.15, -0.1) is 0 Å². The van der Waals surface area contributed by atoms with Crippen molar-refractivity contribution in [2.45, 2.75) is 52.3 Å². The van der Waals surface area contributed by atoms with Gasteiger partial charge in [-0.05, 0) is 58.4 Å². The number of nitrogens with one attached hydrogen (secondary N) is 2. The summed E-state index contributed by atoms with van der Waals surface area (Å²) in [5.74, 6) is 0.801. The Morgan fingerprint density at radius 2 is 1.80 bits per heavy atom. The maximum absolute atomic E-state index is 13.5. The third kappa shape index (κ3) is 5.22. The fraction of sp³-hybridized carbons (Fsp3) is 0.467. The average Bonchev–Trinajstić information content (AvgIpc) is 3.31. The minimum atomic E-state index is -0.617. The van der Waals surface area contributed by atoms with Gasteiger partial charge in [0.1, 0.15) is 5.60 Å². The van der Waals surface area contributed by atoms with E-state index < -0.39 is 17.7 Å². The summed E-state index contributed by atoms with van der Waals surface area (Å²) in [5.41, 5.74) is 2.79. The number of methoxy groups -OCH3 is 1. The Morgan fingerprint density at radius 1 is 1.12 bits per heavy atom. The summed E-state index contributed by atoms with van der Waals surface area (Å²) in [5, 5.41) is 6.90. The quantitative estimate of drug-likeness (QED) is 0.442. The van der Waals surface area contributed by atoms with E-state index in [4.69, 9.17) is 14.5 Å². The molecule has 212 valence electrons. The molecule has 3 aromatic rings. The highest BCUT2D eigenvalue weighted by molar-refractivity contribution is 5.96. The number of ether oxygens (including phenoxy) is 2. The first-order chi connectivity index (χ1) is 18.9. The molecule has 0 radical (unpaired) electrons. The van der Waals surface area contributed by atoms with Crippen LogP contribution >= 0.6 is 0 Å². The molecule has 3 unspecified atom stereocenters. The number of alkyl carbamates (subject to hydrolysis) is 1. The van der Waals surface area contributed by atoms with Gasteiger partial charge in [0.05, 0.1) is 29.6 Å². The first kappa shape index (κ1) is 27.5. The van der Waals surface area contributed by atoms with E-state index in [9.17, 15) is 14.4 Å². The van der Waals surface area contributed by atoms with Crippen LogP contribution in [-0.2, 0) is 16.5 Å². The molecule has 1 saturated carbocycles. The maximum atomic E-state index is 13.5. The lowest BCUT2D eigenvalue weighted by atomic mass is 10.0. The van der Waals surface area contributed by atoms with Gasteiger partial charge in [0.25, 0.3) is 5.56 Å². The van der Waals surface area contributed by atoms with Gasteiger partial charge in [-0.25, -0.2) is 14.6 Å². The van der Waals surface area contributed by atoms with Gasteiger partial charge in [-0.1, -0.05) is 18.2 Å². The highest BCUT2D eigenvalue weighted by atomic mass is 16.6. The summed E-state index contributed by atoms with van der Waals surface area (Å²) in [6.07, 6.45) is -0.420. The summed E-state index contributed by atoms with van der Waals surface area (Å²) in [6.45, 7) is 10.9. The molecule has 2 N–H and O–H groups in total. The zero-order valence-electron chi connectivity index (χ0n) is 24.1. The van der Waals surface area contributed by atoms with Gasteiger partial charge in [0, 0.05) is 49.3 Å². The van der Waals surface area contributed by atoms with Gasteiger partial charge in [-0.3, -0.25) is 9.36 Å². The molecule has 0 spiro atoms. The van der Waals surface area contributed by atoms with Gasteiger partial charge >= 0.3 is 12.1 Å². The van der Waals surface area contributed by atoms with E-state index in [0.29, 0.717) is 53.0 Å². The molecule has 10 nitrogen and oxygen atoms in total. The smallest absolute Gasteiger partial charge is 0.407 e. The number of esters is 1. The Hall–Kier alpha value is -4.08. The Morgan fingerprint density at radius 3 is 2.45 bits per heavy atom. The fourth-order valence-corrected chi connectivity index (χ4v) is 5.68. The molecule has 2 heterocycles. The summed E-state index contributed by atoms with van der Waals surface area (Å²) < 4.78 is 12.0. The van der Waals surface area contributed by atoms with Gasteiger partial charge < -0.3 is 25.0 Å². The number of hydrogen-bond acceptors (Lipinski definition) is 8. The van der Waals surface area contributed by atoms with E-state index in [1.165, 1.54) is 7.11 Å². The minimum absolute atomic E-state index is 0.0914. The fourth-order valence-electron chi connectivity index (χ4n) is 5.68. The first-order valence-corrected chi connectivity index (χ1v) is 13.6. The van der Waals surface area contributed by atoms with Crippen LogP contribution in [0.15, 0.2) is 41.2 Å². The lowest BCUT2D eigenvalue weighted by Crippen LogP contribution is -2.37. The summed E-state index contributed by atoms with van der Waals surface area (Å²) in [4.78, 5) is 45.2. The molecular weight excluding hydrogens is 510 g/mol. The highest BCUT2D eigenvalue weighted by Gasteiger charge is 2.57. The minimum Gasteiger partial charge on any atom is -0.456 e. The van der Waals surface area contributed by atoms with E-state index in [-0.39, 0.29) is 17.6 Å². The molecule has 1 aromatic heterocycles. The van der Waals surface area contributed by atoms with Crippen molar-refractivity contribution in [3.63, 3.8) is 0 Å². The zero-order chi connectivity index (χ0) is 28.9. The number of piperidine rings is 1. The second-order valence-corrected chi connectivity index (χ2v) is 11.8. The standard InChI is InChI=1S/C30H37N5O5/c1-16-12-19(17(2)31-23-11-9-8-10-18(23)27(37)40-30(3,4)5)24-20(13-16)26(36)34(6)28(32-24)35-14-21-22(15-35)25(21)33-29(38)39-7/h8-13,17,21-22,25,31H,14-15H2,1-7H3,(H,33,38). The number of para-hydroxylation sites is 1. The molecule has 2 aromatic carbocycles. The van der Waals surface area contributed by atoms with Gasteiger partial charge in [0.15, 0.2) is 0 Å². The van der Waals surface area contributed by atoms with E-state index in [2.05, 4.69) is 15.5 Å². The lowest BCUT2D eigenvalue weighted by molar-refractivity contribution is 0.00705. The maximum Gasteiger partial charge on any atom is 0.407 e. The molecule has 1 saturated heterocycles. The molecule has 2 fully saturated rings. The van der Waals surface area contributed by atoms with Crippen molar-refractivity contribution >= 4 is 34.6 Å². The second kappa shape index (κ2) is 10.1. The molecule has 3 atom stereocenters. The summed E-state index contributed by atoms with van der Waals surface area (Å²) in [6, 6.07) is 11.0. The number of carbonyl (C=O) groups is 2. The third-order valence-corrected chi connectivity index (χ3v) is 7.66. The topological polar surface area (TPSA) is 115 Å². The lowest BCUT2D eigenvalue weighted by Gasteiger charge is -2.25. The van der Waals surface area contributed by atoms with Crippen LogP contribution in [0.25, 0.3) is 10.9 Å².